The standard InChI is InChI=1S/C12H6F5N5O/c13-6-2-1-4(7(14)9(6)23-12(15,16)17)8-5(3-18)10(19)22-11(20)21-8/h1-2H,(H4,19,20,21,22). The third kappa shape index (κ3) is 3.20. The lowest BCUT2D eigenvalue weighted by Crippen LogP contribution is -2.19. The Kier molecular flexibility index (Phi) is 3.92. The van der Waals surface area contributed by atoms with Crippen molar-refractivity contribution in [2.45, 2.75) is 6.36 Å². The molecule has 120 valence electrons. The summed E-state index contributed by atoms with van der Waals surface area (Å²) >= 11 is 0. The Morgan fingerprint density at radius 3 is 2.35 bits per heavy atom. The van der Waals surface area contributed by atoms with Crippen LogP contribution in [-0.4, -0.2) is 16.3 Å². The van der Waals surface area contributed by atoms with E-state index < -0.39 is 52.3 Å². The second kappa shape index (κ2) is 5.56. The summed E-state index contributed by atoms with van der Waals surface area (Å²) in [7, 11) is 0. The van der Waals surface area contributed by atoms with Gasteiger partial charge in [-0.3, -0.25) is 0 Å². The molecule has 0 atom stereocenters. The molecule has 2 rings (SSSR count). The summed E-state index contributed by atoms with van der Waals surface area (Å²) < 4.78 is 67.6. The molecule has 1 aromatic carbocycles. The van der Waals surface area contributed by atoms with E-state index in [9.17, 15) is 22.0 Å². The fraction of sp³-hybridized carbons (Fsp3) is 0.0833. The fourth-order valence-corrected chi connectivity index (χ4v) is 1.73. The van der Waals surface area contributed by atoms with Gasteiger partial charge in [-0.25, -0.2) is 13.8 Å². The first-order chi connectivity index (χ1) is 10.6. The number of alkyl halides is 3. The molecular weight excluding hydrogens is 325 g/mol. The summed E-state index contributed by atoms with van der Waals surface area (Å²) in [4.78, 5) is 7.04. The molecule has 0 fully saturated rings. The number of hydrogen-bond acceptors (Lipinski definition) is 6. The molecule has 0 aliphatic rings. The molecule has 1 aromatic heterocycles. The minimum absolute atomic E-state index is 0.406. The zero-order valence-corrected chi connectivity index (χ0v) is 10.9. The van der Waals surface area contributed by atoms with Crippen LogP contribution in [0.2, 0.25) is 0 Å². The van der Waals surface area contributed by atoms with Crippen molar-refractivity contribution in [3.8, 4) is 23.1 Å². The van der Waals surface area contributed by atoms with Gasteiger partial charge in [0.25, 0.3) is 0 Å². The number of halogens is 5. The number of nitrogens with two attached hydrogens (primary N) is 2. The molecule has 0 aliphatic heterocycles. The van der Waals surface area contributed by atoms with Crippen molar-refractivity contribution in [3.63, 3.8) is 0 Å². The summed E-state index contributed by atoms with van der Waals surface area (Å²) in [5.74, 6) is -5.83. The maximum atomic E-state index is 14.2. The molecule has 0 saturated heterocycles. The maximum absolute atomic E-state index is 14.2. The van der Waals surface area contributed by atoms with Crippen LogP contribution in [0, 0.1) is 23.0 Å². The second-order valence-corrected chi connectivity index (χ2v) is 4.09. The van der Waals surface area contributed by atoms with E-state index in [-0.39, 0.29) is 0 Å². The SMILES string of the molecule is N#Cc1c(N)nc(N)nc1-c1ccc(F)c(OC(F)(F)F)c1F. The molecule has 0 spiro atoms. The fourth-order valence-electron chi connectivity index (χ4n) is 1.73. The van der Waals surface area contributed by atoms with Crippen molar-refractivity contribution in [1.29, 1.82) is 5.26 Å². The van der Waals surface area contributed by atoms with Gasteiger partial charge in [0, 0.05) is 5.56 Å². The smallest absolute Gasteiger partial charge is 0.399 e. The van der Waals surface area contributed by atoms with Crippen LogP contribution in [0.25, 0.3) is 11.3 Å². The highest BCUT2D eigenvalue weighted by molar-refractivity contribution is 5.74. The molecule has 2 aromatic rings. The van der Waals surface area contributed by atoms with Crippen LogP contribution in [0.4, 0.5) is 33.7 Å². The third-order valence-electron chi connectivity index (χ3n) is 2.59. The number of hydrogen-bond donors (Lipinski definition) is 2. The first-order valence-corrected chi connectivity index (χ1v) is 5.71. The van der Waals surface area contributed by atoms with E-state index in [1.54, 1.807) is 6.07 Å². The molecule has 4 N–H and O–H groups in total. The minimum Gasteiger partial charge on any atom is -0.399 e. The number of aromatic nitrogens is 2. The molecule has 1 heterocycles. The van der Waals surface area contributed by atoms with E-state index in [2.05, 4.69) is 14.7 Å². The quantitative estimate of drug-likeness (QED) is 0.817. The van der Waals surface area contributed by atoms with E-state index in [0.717, 1.165) is 6.07 Å². The number of nitrogens with zero attached hydrogens (tertiary/aromatic N) is 3. The Morgan fingerprint density at radius 1 is 1.13 bits per heavy atom. The average molecular weight is 331 g/mol. The molecule has 0 amide bonds. The summed E-state index contributed by atoms with van der Waals surface area (Å²) in [5, 5.41) is 8.99. The molecule has 6 nitrogen and oxygen atoms in total. The van der Waals surface area contributed by atoms with Gasteiger partial charge in [-0.2, -0.15) is 10.2 Å². The van der Waals surface area contributed by atoms with Crippen LogP contribution in [0.5, 0.6) is 5.75 Å². The van der Waals surface area contributed by atoms with Gasteiger partial charge in [-0.05, 0) is 12.1 Å². The molecule has 0 aliphatic carbocycles. The Balaban J connectivity index is 2.72. The van der Waals surface area contributed by atoms with Crippen molar-refractivity contribution < 1.29 is 26.7 Å². The first-order valence-electron chi connectivity index (χ1n) is 5.71. The van der Waals surface area contributed by atoms with Gasteiger partial charge in [0.2, 0.25) is 11.7 Å². The van der Waals surface area contributed by atoms with Crippen LogP contribution in [0.1, 0.15) is 5.56 Å². The van der Waals surface area contributed by atoms with Crippen LogP contribution in [0.3, 0.4) is 0 Å². The topological polar surface area (TPSA) is 111 Å². The molecule has 23 heavy (non-hydrogen) atoms. The number of nitriles is 1. The summed E-state index contributed by atoms with van der Waals surface area (Å²) in [6.45, 7) is 0. The monoisotopic (exact) mass is 331 g/mol. The van der Waals surface area contributed by atoms with Gasteiger partial charge in [-0.15, -0.1) is 13.2 Å². The lowest BCUT2D eigenvalue weighted by molar-refractivity contribution is -0.276. The molecule has 0 bridgehead atoms. The van der Waals surface area contributed by atoms with E-state index in [1.807, 2.05) is 0 Å². The van der Waals surface area contributed by atoms with E-state index >= 15 is 0 Å². The third-order valence-corrected chi connectivity index (χ3v) is 2.59. The van der Waals surface area contributed by atoms with Crippen molar-refractivity contribution in [2.24, 2.45) is 0 Å². The highest BCUT2D eigenvalue weighted by Gasteiger charge is 2.35. The molecular formula is C12H6F5N5O. The Bertz CT molecular complexity index is 815. The first kappa shape index (κ1) is 16.2. The average Bonchev–Trinajstić information content (AvgIpc) is 2.42. The van der Waals surface area contributed by atoms with Gasteiger partial charge < -0.3 is 16.2 Å². The zero-order chi connectivity index (χ0) is 17.4. The molecule has 11 heteroatoms. The predicted molar refractivity (Wildman–Crippen MR) is 67.6 cm³/mol. The number of benzene rings is 1. The second-order valence-electron chi connectivity index (χ2n) is 4.09. The number of anilines is 2. The van der Waals surface area contributed by atoms with Crippen LogP contribution >= 0.6 is 0 Å². The normalized spacial score (nSPS) is 11.1. The number of rotatable bonds is 2. The van der Waals surface area contributed by atoms with E-state index in [4.69, 9.17) is 16.7 Å². The van der Waals surface area contributed by atoms with Gasteiger partial charge in [-0.1, -0.05) is 0 Å². The lowest BCUT2D eigenvalue weighted by Gasteiger charge is -2.13. The van der Waals surface area contributed by atoms with Gasteiger partial charge in [0.15, 0.2) is 11.6 Å². The number of ether oxygens (including phenoxy) is 1. The number of nitrogen functional groups attached to an aromatic ring is 2. The Morgan fingerprint density at radius 2 is 1.78 bits per heavy atom. The predicted octanol–water partition coefficient (Wildman–Crippen LogP) is 2.36. The molecule has 0 unspecified atom stereocenters. The zero-order valence-electron chi connectivity index (χ0n) is 10.9. The summed E-state index contributed by atoms with van der Waals surface area (Å²) in [6.07, 6.45) is -5.32. The van der Waals surface area contributed by atoms with Crippen LogP contribution < -0.4 is 16.2 Å². The van der Waals surface area contributed by atoms with Crippen molar-refractivity contribution in [2.75, 3.05) is 11.5 Å². The molecule has 0 radical (unpaired) electrons. The van der Waals surface area contributed by atoms with E-state index in [0.29, 0.717) is 6.07 Å². The van der Waals surface area contributed by atoms with Crippen molar-refractivity contribution in [1.82, 2.24) is 9.97 Å². The van der Waals surface area contributed by atoms with Gasteiger partial charge >= 0.3 is 6.36 Å². The van der Waals surface area contributed by atoms with Crippen LogP contribution in [-0.2, 0) is 0 Å². The highest BCUT2D eigenvalue weighted by atomic mass is 19.4. The van der Waals surface area contributed by atoms with Gasteiger partial charge in [0.05, 0.1) is 5.69 Å². The van der Waals surface area contributed by atoms with Crippen molar-refractivity contribution in [3.05, 3.63) is 29.3 Å². The maximum Gasteiger partial charge on any atom is 0.573 e. The van der Waals surface area contributed by atoms with Crippen molar-refractivity contribution >= 4 is 11.8 Å². The highest BCUT2D eigenvalue weighted by Crippen LogP contribution is 2.36. The summed E-state index contributed by atoms with van der Waals surface area (Å²) in [6, 6.07) is 2.87. The van der Waals surface area contributed by atoms with E-state index in [1.165, 1.54) is 0 Å². The Hall–Kier alpha value is -3.16. The minimum atomic E-state index is -5.32. The molecule has 0 saturated carbocycles. The summed E-state index contributed by atoms with van der Waals surface area (Å²) in [5.41, 5.74) is 9.19. The largest absolute Gasteiger partial charge is 0.573 e. The lowest BCUT2D eigenvalue weighted by atomic mass is 10.1. The van der Waals surface area contributed by atoms with Crippen LogP contribution in [0.15, 0.2) is 12.1 Å². The van der Waals surface area contributed by atoms with Gasteiger partial charge in [0.1, 0.15) is 17.5 Å². The Labute approximate surface area is 125 Å².